The Labute approximate surface area is 96.2 Å². The van der Waals surface area contributed by atoms with E-state index in [9.17, 15) is 0 Å². The lowest BCUT2D eigenvalue weighted by Gasteiger charge is -2.29. The first-order valence-electron chi connectivity index (χ1n) is 5.65. The van der Waals surface area contributed by atoms with Gasteiger partial charge in [-0.25, -0.2) is 0 Å². The van der Waals surface area contributed by atoms with Crippen LogP contribution in [0.5, 0.6) is 0 Å². The van der Waals surface area contributed by atoms with Crippen LogP contribution >= 0.6 is 11.3 Å². The molecule has 1 nitrogen and oxygen atoms in total. The van der Waals surface area contributed by atoms with Crippen molar-refractivity contribution >= 4 is 11.3 Å². The minimum Gasteiger partial charge on any atom is -0.314 e. The maximum atomic E-state index is 3.58. The predicted molar refractivity (Wildman–Crippen MR) is 67.5 cm³/mol. The summed E-state index contributed by atoms with van der Waals surface area (Å²) in [5, 5.41) is 5.77. The zero-order valence-corrected chi connectivity index (χ0v) is 10.3. The van der Waals surface area contributed by atoms with Gasteiger partial charge in [-0.05, 0) is 24.3 Å². The Kier molecular flexibility index (Phi) is 3.27. The van der Waals surface area contributed by atoms with Crippen LogP contribution in [-0.4, -0.2) is 12.6 Å². The SMILES string of the molecule is CC(C)NCC1(c2cccs2)CC=CC1. The van der Waals surface area contributed by atoms with Gasteiger partial charge in [-0.3, -0.25) is 0 Å². The molecular weight excluding hydrogens is 202 g/mol. The van der Waals surface area contributed by atoms with Gasteiger partial charge in [-0.2, -0.15) is 0 Å². The fourth-order valence-corrected chi connectivity index (χ4v) is 3.06. The van der Waals surface area contributed by atoms with Gasteiger partial charge in [0, 0.05) is 22.9 Å². The van der Waals surface area contributed by atoms with E-state index in [-0.39, 0.29) is 0 Å². The van der Waals surface area contributed by atoms with Crippen LogP contribution in [0, 0.1) is 0 Å². The van der Waals surface area contributed by atoms with Crippen LogP contribution in [0.1, 0.15) is 31.6 Å². The summed E-state index contributed by atoms with van der Waals surface area (Å²) in [6.45, 7) is 5.52. The molecule has 1 heterocycles. The van der Waals surface area contributed by atoms with Gasteiger partial charge in [0.25, 0.3) is 0 Å². The highest BCUT2D eigenvalue weighted by molar-refractivity contribution is 7.10. The lowest BCUT2D eigenvalue weighted by Crippen LogP contribution is -2.38. The largest absolute Gasteiger partial charge is 0.314 e. The normalized spacial score (nSPS) is 18.9. The molecule has 0 aromatic carbocycles. The third-order valence-corrected chi connectivity index (χ3v) is 4.19. The molecule has 0 spiro atoms. The molecule has 0 saturated heterocycles. The molecule has 0 unspecified atom stereocenters. The molecule has 0 fully saturated rings. The molecule has 1 aliphatic rings. The second-order valence-electron chi connectivity index (χ2n) is 4.67. The van der Waals surface area contributed by atoms with E-state index in [2.05, 4.69) is 48.8 Å². The van der Waals surface area contributed by atoms with Crippen LogP contribution in [0.2, 0.25) is 0 Å². The minimum absolute atomic E-state index is 0.346. The topological polar surface area (TPSA) is 12.0 Å². The molecule has 1 aliphatic carbocycles. The highest BCUT2D eigenvalue weighted by atomic mass is 32.1. The van der Waals surface area contributed by atoms with Crippen LogP contribution in [-0.2, 0) is 5.41 Å². The van der Waals surface area contributed by atoms with E-state index in [1.165, 1.54) is 17.7 Å². The molecule has 0 amide bonds. The second kappa shape index (κ2) is 4.50. The third kappa shape index (κ3) is 2.32. The van der Waals surface area contributed by atoms with Gasteiger partial charge in [0.15, 0.2) is 0 Å². The monoisotopic (exact) mass is 221 g/mol. The van der Waals surface area contributed by atoms with Crippen LogP contribution in [0.25, 0.3) is 0 Å². The summed E-state index contributed by atoms with van der Waals surface area (Å²) < 4.78 is 0. The zero-order valence-electron chi connectivity index (χ0n) is 9.49. The molecule has 1 N–H and O–H groups in total. The Morgan fingerprint density at radius 2 is 2.13 bits per heavy atom. The highest BCUT2D eigenvalue weighted by Gasteiger charge is 2.33. The van der Waals surface area contributed by atoms with Crippen molar-refractivity contribution in [3.63, 3.8) is 0 Å². The number of allylic oxidation sites excluding steroid dienone is 2. The van der Waals surface area contributed by atoms with Gasteiger partial charge in [-0.15, -0.1) is 11.3 Å². The Morgan fingerprint density at radius 1 is 1.40 bits per heavy atom. The number of hydrogen-bond donors (Lipinski definition) is 1. The molecule has 0 aliphatic heterocycles. The first kappa shape index (κ1) is 10.9. The number of rotatable bonds is 4. The number of hydrogen-bond acceptors (Lipinski definition) is 2. The smallest absolute Gasteiger partial charge is 0.0240 e. The van der Waals surface area contributed by atoms with E-state index >= 15 is 0 Å². The van der Waals surface area contributed by atoms with Gasteiger partial charge in [-0.1, -0.05) is 32.1 Å². The highest BCUT2D eigenvalue weighted by Crippen LogP contribution is 2.38. The summed E-state index contributed by atoms with van der Waals surface area (Å²) in [7, 11) is 0. The standard InChI is InChI=1S/C13H19NS/c1-11(2)14-10-13(7-3-4-8-13)12-6-5-9-15-12/h3-6,9,11,14H,7-8,10H2,1-2H3. The van der Waals surface area contributed by atoms with Crippen molar-refractivity contribution in [3.8, 4) is 0 Å². The van der Waals surface area contributed by atoms with Crippen LogP contribution < -0.4 is 5.32 Å². The maximum absolute atomic E-state index is 3.58. The number of nitrogens with one attached hydrogen (secondary N) is 1. The molecule has 2 rings (SSSR count). The summed E-state index contributed by atoms with van der Waals surface area (Å²) in [6, 6.07) is 5.01. The fraction of sp³-hybridized carbons (Fsp3) is 0.538. The van der Waals surface area contributed by atoms with Crippen molar-refractivity contribution < 1.29 is 0 Å². The first-order chi connectivity index (χ1) is 7.23. The molecule has 0 saturated carbocycles. The zero-order chi connectivity index (χ0) is 10.7. The third-order valence-electron chi connectivity index (χ3n) is 3.08. The summed E-state index contributed by atoms with van der Waals surface area (Å²) in [4.78, 5) is 1.53. The molecule has 15 heavy (non-hydrogen) atoms. The van der Waals surface area contributed by atoms with Crippen LogP contribution in [0.4, 0.5) is 0 Å². The fourth-order valence-electron chi connectivity index (χ4n) is 2.11. The summed E-state index contributed by atoms with van der Waals surface area (Å²) in [5.74, 6) is 0. The molecule has 82 valence electrons. The quantitative estimate of drug-likeness (QED) is 0.769. The molecule has 1 aromatic heterocycles. The lowest BCUT2D eigenvalue weighted by atomic mass is 9.83. The maximum Gasteiger partial charge on any atom is 0.0240 e. The molecule has 2 heteroatoms. The van der Waals surface area contributed by atoms with Crippen molar-refractivity contribution in [2.24, 2.45) is 0 Å². The molecule has 0 atom stereocenters. The minimum atomic E-state index is 0.346. The lowest BCUT2D eigenvalue weighted by molar-refractivity contribution is 0.405. The van der Waals surface area contributed by atoms with Crippen LogP contribution in [0.15, 0.2) is 29.7 Å². The Bertz CT molecular complexity index is 316. The van der Waals surface area contributed by atoms with E-state index in [1.807, 2.05) is 11.3 Å². The average Bonchev–Trinajstić information content (AvgIpc) is 2.86. The van der Waals surface area contributed by atoms with Crippen molar-refractivity contribution in [1.82, 2.24) is 5.32 Å². The summed E-state index contributed by atoms with van der Waals surface area (Å²) in [5.41, 5.74) is 0.346. The van der Waals surface area contributed by atoms with Gasteiger partial charge >= 0.3 is 0 Å². The first-order valence-corrected chi connectivity index (χ1v) is 6.53. The van der Waals surface area contributed by atoms with Crippen molar-refractivity contribution in [3.05, 3.63) is 34.5 Å². The summed E-state index contributed by atoms with van der Waals surface area (Å²) >= 11 is 1.89. The van der Waals surface area contributed by atoms with E-state index in [4.69, 9.17) is 0 Å². The van der Waals surface area contributed by atoms with Gasteiger partial charge in [0.1, 0.15) is 0 Å². The van der Waals surface area contributed by atoms with E-state index < -0.39 is 0 Å². The van der Waals surface area contributed by atoms with Gasteiger partial charge in [0.2, 0.25) is 0 Å². The molecule has 1 aromatic rings. The Morgan fingerprint density at radius 3 is 2.67 bits per heavy atom. The molecular formula is C13H19NS. The van der Waals surface area contributed by atoms with Crippen molar-refractivity contribution in [2.45, 2.75) is 38.1 Å². The van der Waals surface area contributed by atoms with Crippen molar-refractivity contribution in [2.75, 3.05) is 6.54 Å². The number of thiophene rings is 1. The Balaban J connectivity index is 2.11. The van der Waals surface area contributed by atoms with Crippen molar-refractivity contribution in [1.29, 1.82) is 0 Å². The molecule has 0 bridgehead atoms. The van der Waals surface area contributed by atoms with E-state index in [0.717, 1.165) is 6.54 Å². The summed E-state index contributed by atoms with van der Waals surface area (Å²) in [6.07, 6.45) is 7.02. The Hall–Kier alpha value is -0.600. The van der Waals surface area contributed by atoms with E-state index in [1.54, 1.807) is 0 Å². The second-order valence-corrected chi connectivity index (χ2v) is 5.62. The van der Waals surface area contributed by atoms with E-state index in [0.29, 0.717) is 11.5 Å². The van der Waals surface area contributed by atoms with Crippen LogP contribution in [0.3, 0.4) is 0 Å². The van der Waals surface area contributed by atoms with Gasteiger partial charge < -0.3 is 5.32 Å². The molecule has 0 radical (unpaired) electrons. The van der Waals surface area contributed by atoms with Gasteiger partial charge in [0.05, 0.1) is 0 Å². The predicted octanol–water partition coefficient (Wildman–Crippen LogP) is 3.33. The average molecular weight is 221 g/mol.